The van der Waals surface area contributed by atoms with Crippen molar-refractivity contribution in [3.8, 4) is 0 Å². The molecule has 1 fully saturated rings. The Morgan fingerprint density at radius 3 is 2.61 bits per heavy atom. The summed E-state index contributed by atoms with van der Waals surface area (Å²) in [7, 11) is 1.61. The van der Waals surface area contributed by atoms with Crippen molar-refractivity contribution in [1.82, 2.24) is 20.9 Å². The average molecular weight is 327 g/mol. The summed E-state index contributed by atoms with van der Waals surface area (Å²) in [5.41, 5.74) is 0. The van der Waals surface area contributed by atoms with Crippen LogP contribution in [0.5, 0.6) is 0 Å². The van der Waals surface area contributed by atoms with Crippen LogP contribution < -0.4 is 16.0 Å². The molecular weight excluding hydrogens is 294 g/mol. The standard InChI is InChI=1S/C16H33N5O2/c1-4-9-21-10-6-14(7-11-21)20-16(17-5-2)19-13-15(22)18-8-12-23-3/h14H,4-13H2,1-3H3,(H,18,22)(H2,17,19,20). The van der Waals surface area contributed by atoms with Crippen molar-refractivity contribution in [2.45, 2.75) is 39.2 Å². The number of carbonyl (C=O) groups is 1. The second-order valence-corrected chi connectivity index (χ2v) is 5.80. The van der Waals surface area contributed by atoms with Crippen molar-refractivity contribution in [3.63, 3.8) is 0 Å². The molecule has 1 rings (SSSR count). The normalized spacial score (nSPS) is 17.1. The lowest BCUT2D eigenvalue weighted by atomic mass is 10.1. The number of hydrogen-bond acceptors (Lipinski definition) is 4. The summed E-state index contributed by atoms with van der Waals surface area (Å²) in [4.78, 5) is 18.6. The Morgan fingerprint density at radius 2 is 2.00 bits per heavy atom. The molecule has 0 aromatic rings. The Kier molecular flexibility index (Phi) is 10.4. The molecule has 7 nitrogen and oxygen atoms in total. The minimum Gasteiger partial charge on any atom is -0.383 e. The first-order valence-corrected chi connectivity index (χ1v) is 8.72. The molecule has 0 aromatic carbocycles. The third kappa shape index (κ3) is 8.76. The summed E-state index contributed by atoms with van der Waals surface area (Å²) in [6.45, 7) is 9.64. The fourth-order valence-corrected chi connectivity index (χ4v) is 2.63. The van der Waals surface area contributed by atoms with E-state index in [4.69, 9.17) is 4.74 Å². The highest BCUT2D eigenvalue weighted by Crippen LogP contribution is 2.10. The molecule has 0 aliphatic carbocycles. The van der Waals surface area contributed by atoms with Gasteiger partial charge in [-0.3, -0.25) is 4.79 Å². The maximum absolute atomic E-state index is 11.7. The number of ether oxygens (including phenoxy) is 1. The van der Waals surface area contributed by atoms with Crippen LogP contribution in [0.1, 0.15) is 33.1 Å². The summed E-state index contributed by atoms with van der Waals surface area (Å²) in [5.74, 6) is 0.639. The van der Waals surface area contributed by atoms with Crippen LogP contribution in [-0.2, 0) is 9.53 Å². The highest BCUT2D eigenvalue weighted by atomic mass is 16.5. The van der Waals surface area contributed by atoms with Gasteiger partial charge in [0.15, 0.2) is 5.96 Å². The van der Waals surface area contributed by atoms with Crippen LogP contribution in [-0.4, -0.2) is 75.8 Å². The highest BCUT2D eigenvalue weighted by Gasteiger charge is 2.19. The van der Waals surface area contributed by atoms with E-state index in [-0.39, 0.29) is 12.5 Å². The number of nitrogens with one attached hydrogen (secondary N) is 3. The van der Waals surface area contributed by atoms with Crippen LogP contribution in [0.3, 0.4) is 0 Å². The van der Waals surface area contributed by atoms with Gasteiger partial charge >= 0.3 is 0 Å². The van der Waals surface area contributed by atoms with E-state index in [0.29, 0.717) is 19.2 Å². The number of aliphatic imine (C=N–C) groups is 1. The molecule has 23 heavy (non-hydrogen) atoms. The number of piperidine rings is 1. The maximum atomic E-state index is 11.7. The predicted molar refractivity (Wildman–Crippen MR) is 93.8 cm³/mol. The fraction of sp³-hybridized carbons (Fsp3) is 0.875. The van der Waals surface area contributed by atoms with Crippen molar-refractivity contribution in [3.05, 3.63) is 0 Å². The summed E-state index contributed by atoms with van der Waals surface area (Å²) < 4.78 is 4.90. The fourth-order valence-electron chi connectivity index (χ4n) is 2.63. The first-order chi connectivity index (χ1) is 11.2. The van der Waals surface area contributed by atoms with Crippen LogP contribution in [0.25, 0.3) is 0 Å². The number of amides is 1. The van der Waals surface area contributed by atoms with E-state index in [1.54, 1.807) is 7.11 Å². The first-order valence-electron chi connectivity index (χ1n) is 8.72. The van der Waals surface area contributed by atoms with Gasteiger partial charge in [0.1, 0.15) is 6.54 Å². The average Bonchev–Trinajstić information content (AvgIpc) is 2.55. The van der Waals surface area contributed by atoms with Crippen molar-refractivity contribution >= 4 is 11.9 Å². The molecule has 0 bridgehead atoms. The number of guanidine groups is 1. The van der Waals surface area contributed by atoms with Gasteiger partial charge in [0.2, 0.25) is 5.91 Å². The molecule has 0 atom stereocenters. The quantitative estimate of drug-likeness (QED) is 0.320. The highest BCUT2D eigenvalue weighted by molar-refractivity contribution is 5.85. The van der Waals surface area contributed by atoms with Gasteiger partial charge in [0.25, 0.3) is 0 Å². The van der Waals surface area contributed by atoms with Gasteiger partial charge < -0.3 is 25.6 Å². The lowest BCUT2D eigenvalue weighted by Crippen LogP contribution is -2.49. The number of methoxy groups -OCH3 is 1. The molecule has 0 saturated carbocycles. The number of rotatable bonds is 9. The largest absolute Gasteiger partial charge is 0.383 e. The lowest BCUT2D eigenvalue weighted by Gasteiger charge is -2.32. The Balaban J connectivity index is 2.36. The summed E-state index contributed by atoms with van der Waals surface area (Å²) >= 11 is 0. The molecule has 0 aromatic heterocycles. The Labute approximate surface area is 140 Å². The maximum Gasteiger partial charge on any atom is 0.241 e. The second-order valence-electron chi connectivity index (χ2n) is 5.80. The van der Waals surface area contributed by atoms with Gasteiger partial charge in [-0.15, -0.1) is 0 Å². The summed E-state index contributed by atoms with van der Waals surface area (Å²) in [6.07, 6.45) is 3.44. The Bertz CT molecular complexity index is 354. The van der Waals surface area contributed by atoms with Gasteiger partial charge in [-0.1, -0.05) is 6.92 Å². The molecule has 7 heteroatoms. The molecule has 0 spiro atoms. The van der Waals surface area contributed by atoms with Crippen LogP contribution in [0.4, 0.5) is 0 Å². The van der Waals surface area contributed by atoms with Crippen LogP contribution >= 0.6 is 0 Å². The molecule has 134 valence electrons. The van der Waals surface area contributed by atoms with Crippen molar-refractivity contribution < 1.29 is 9.53 Å². The van der Waals surface area contributed by atoms with Gasteiger partial charge in [0.05, 0.1) is 6.61 Å². The number of likely N-dealkylation sites (tertiary alicyclic amines) is 1. The molecule has 0 unspecified atom stereocenters. The molecule has 0 radical (unpaired) electrons. The molecule has 1 heterocycles. The second kappa shape index (κ2) is 12.1. The zero-order valence-corrected chi connectivity index (χ0v) is 14.9. The summed E-state index contributed by atoms with van der Waals surface area (Å²) in [6, 6.07) is 0.428. The number of nitrogens with zero attached hydrogens (tertiary/aromatic N) is 2. The van der Waals surface area contributed by atoms with Gasteiger partial charge in [-0.2, -0.15) is 0 Å². The minimum atomic E-state index is -0.0861. The minimum absolute atomic E-state index is 0.0861. The van der Waals surface area contributed by atoms with E-state index < -0.39 is 0 Å². The van der Waals surface area contributed by atoms with Crippen molar-refractivity contribution in [2.75, 3.05) is 53.0 Å². The topological polar surface area (TPSA) is 78.0 Å². The summed E-state index contributed by atoms with van der Waals surface area (Å²) in [5, 5.41) is 9.43. The van der Waals surface area contributed by atoms with E-state index >= 15 is 0 Å². The number of hydrogen-bond donors (Lipinski definition) is 3. The molecule has 3 N–H and O–H groups in total. The first kappa shape index (κ1) is 19.7. The molecule has 1 aliphatic rings. The third-order valence-electron chi connectivity index (χ3n) is 3.82. The molecule has 1 amide bonds. The van der Waals surface area contributed by atoms with E-state index in [1.807, 2.05) is 6.92 Å². The zero-order chi connectivity index (χ0) is 16.9. The predicted octanol–water partition coefficient (Wildman–Crippen LogP) is 0.179. The third-order valence-corrected chi connectivity index (χ3v) is 3.82. The Hall–Kier alpha value is -1.34. The monoisotopic (exact) mass is 327 g/mol. The van der Waals surface area contributed by atoms with Crippen molar-refractivity contribution in [1.29, 1.82) is 0 Å². The molecule has 1 saturated heterocycles. The van der Waals surface area contributed by atoms with E-state index in [9.17, 15) is 4.79 Å². The molecule has 1 aliphatic heterocycles. The van der Waals surface area contributed by atoms with Crippen LogP contribution in [0.15, 0.2) is 4.99 Å². The lowest BCUT2D eigenvalue weighted by molar-refractivity contribution is -0.119. The van der Waals surface area contributed by atoms with Crippen LogP contribution in [0.2, 0.25) is 0 Å². The molecular formula is C16H33N5O2. The SMILES string of the molecule is CCCN1CCC(NC(=NCC(=O)NCCOC)NCC)CC1. The van der Waals surface area contributed by atoms with Crippen LogP contribution in [0, 0.1) is 0 Å². The Morgan fingerprint density at radius 1 is 1.26 bits per heavy atom. The number of carbonyl (C=O) groups excluding carboxylic acids is 1. The smallest absolute Gasteiger partial charge is 0.241 e. The van der Waals surface area contributed by atoms with Gasteiger partial charge in [-0.05, 0) is 32.7 Å². The van der Waals surface area contributed by atoms with E-state index in [0.717, 1.165) is 38.4 Å². The zero-order valence-electron chi connectivity index (χ0n) is 14.9. The van der Waals surface area contributed by atoms with E-state index in [2.05, 4.69) is 32.8 Å². The van der Waals surface area contributed by atoms with Gasteiger partial charge in [-0.25, -0.2) is 4.99 Å². The van der Waals surface area contributed by atoms with E-state index in [1.165, 1.54) is 13.0 Å². The van der Waals surface area contributed by atoms with Crippen molar-refractivity contribution in [2.24, 2.45) is 4.99 Å². The van der Waals surface area contributed by atoms with Gasteiger partial charge in [0, 0.05) is 39.3 Å².